The first-order valence-corrected chi connectivity index (χ1v) is 46.2. The second-order valence-electron chi connectivity index (χ2n) is 31.7. The minimum Gasteiger partial charge on any atom is -0.401 e. The van der Waals surface area contributed by atoms with Crippen LogP contribution in [0.4, 0.5) is 4.79 Å². The van der Waals surface area contributed by atoms with Gasteiger partial charge in [0.1, 0.15) is 61.5 Å². The van der Waals surface area contributed by atoms with Crippen molar-refractivity contribution in [2.45, 2.75) is 176 Å². The van der Waals surface area contributed by atoms with Gasteiger partial charge in [0.05, 0.1) is 157 Å². The first-order valence-electron chi connectivity index (χ1n) is 45.1. The van der Waals surface area contributed by atoms with Gasteiger partial charge >= 0.3 is 6.03 Å². The second-order valence-corrected chi connectivity index (χ2v) is 33.0. The van der Waals surface area contributed by atoms with Gasteiger partial charge in [-0.1, -0.05) is 6.42 Å². The average molecular weight is 1970 g/mol. The third-order valence-electron chi connectivity index (χ3n) is 20.5. The zero-order valence-electron chi connectivity index (χ0n) is 77.3. The van der Waals surface area contributed by atoms with Crippen LogP contribution in [-0.4, -0.2) is 407 Å². The minimum atomic E-state index is -1.80. The topological polar surface area (TPSA) is 834 Å². The molecule has 4 aliphatic heterocycles. The molecule has 0 saturated carbocycles. The average Bonchev–Trinajstić information content (AvgIpc) is 1.66. The molecule has 0 radical (unpaired) electrons. The number of primary amides is 1. The van der Waals surface area contributed by atoms with Gasteiger partial charge in [-0.05, 0) is 84.5 Å². The zero-order chi connectivity index (χ0) is 101. The summed E-state index contributed by atoms with van der Waals surface area (Å²) in [6, 6.07) is -11.0. The summed E-state index contributed by atoms with van der Waals surface area (Å²) in [7, 11) is 0. The van der Waals surface area contributed by atoms with Gasteiger partial charge in [0.25, 0.3) is 0 Å². The summed E-state index contributed by atoms with van der Waals surface area (Å²) in [5, 5.41) is 84.6. The van der Waals surface area contributed by atoms with Crippen molar-refractivity contribution in [3.8, 4) is 0 Å². The molecule has 0 aromatic rings. The predicted molar refractivity (Wildman–Crippen MR) is 486 cm³/mol. The Kier molecular flexibility index (Phi) is 58.4. The lowest BCUT2D eigenvalue weighted by Crippen LogP contribution is -2.61. The van der Waals surface area contributed by atoms with Crippen LogP contribution in [0.1, 0.15) is 104 Å². The number of guanidine groups is 2. The van der Waals surface area contributed by atoms with Crippen molar-refractivity contribution in [1.29, 1.82) is 10.8 Å². The second kappa shape index (κ2) is 68.1. The summed E-state index contributed by atoms with van der Waals surface area (Å²) in [6.07, 6.45) is 3.88. The number of aliphatic hydroxyl groups excluding tert-OH is 2. The van der Waals surface area contributed by atoms with E-state index in [0.717, 1.165) is 31.9 Å². The number of thioether (sulfide) groups is 1. The normalized spacial score (nSPS) is 19.8. The number of unbranched alkanes of at least 4 members (excludes halogenated alkanes) is 1. The largest absolute Gasteiger partial charge is 0.401 e. The molecule has 4 aliphatic rings. The highest BCUT2D eigenvalue weighted by Gasteiger charge is 2.43. The Hall–Kier alpha value is -11.9. The molecule has 4 heterocycles. The Balaban J connectivity index is 1.09. The predicted octanol–water partition coefficient (Wildman–Crippen LogP) is -13.9. The molecule has 774 valence electrons. The first-order chi connectivity index (χ1) is 65.5. The summed E-state index contributed by atoms with van der Waals surface area (Å²) in [5.74, 6) is -7.03. The van der Waals surface area contributed by atoms with Crippen molar-refractivity contribution >= 4 is 130 Å². The fourth-order valence-electron chi connectivity index (χ4n) is 13.4. The molecule has 0 aliphatic carbocycles. The van der Waals surface area contributed by atoms with Crippen LogP contribution in [0.15, 0.2) is 11.9 Å². The number of nitrogens with one attached hydrogen (secondary N) is 21. The molecule has 0 bridgehead atoms. The highest BCUT2D eigenvalue weighted by Crippen LogP contribution is 2.33. The maximum absolute atomic E-state index is 14.0. The molecule has 2 unspecified atom stereocenters. The Labute approximate surface area is 795 Å². The maximum atomic E-state index is 14.0. The number of ether oxygens (including phenoxy) is 8. The van der Waals surface area contributed by atoms with Gasteiger partial charge in [-0.2, -0.15) is 11.8 Å². The number of rotatable bonds is 59. The van der Waals surface area contributed by atoms with Gasteiger partial charge in [-0.3, -0.25) is 92.3 Å². The van der Waals surface area contributed by atoms with Crippen LogP contribution >= 0.6 is 11.8 Å². The number of nitrogens with two attached hydrogens (primary N) is 5. The van der Waals surface area contributed by atoms with E-state index >= 15 is 0 Å². The summed E-state index contributed by atoms with van der Waals surface area (Å²) in [5.41, 5.74) is 22.7. The molecule has 19 amide bonds. The van der Waals surface area contributed by atoms with Crippen molar-refractivity contribution in [1.82, 2.24) is 111 Å². The van der Waals surface area contributed by atoms with Gasteiger partial charge in [-0.25, -0.2) is 10.6 Å². The number of hydrogen-bond acceptors (Lipinski definition) is 34. The molecular formula is C80H140N28O28S. The van der Waals surface area contributed by atoms with E-state index in [0.29, 0.717) is 43.9 Å². The lowest BCUT2D eigenvalue weighted by atomic mass is 10.0. The smallest absolute Gasteiger partial charge is 0.315 e. The molecule has 56 nitrogen and oxygen atoms in total. The van der Waals surface area contributed by atoms with E-state index in [4.69, 9.17) is 77.5 Å². The van der Waals surface area contributed by atoms with Gasteiger partial charge in [0, 0.05) is 75.0 Å². The Morgan fingerprint density at radius 3 is 1.61 bits per heavy atom. The standard InChI is InChI=1S/C80H140N28O28S/c1-48(98-74(124)53(12-8-17-91-79(85)86)102-75(125)52(11-7-16-90-78(83)84)99-64(116)41-94-65(117)45-135-34-32-133-27-25-129-22-18-88-59(111)15-4-3-14-58-69-56(47-137-58)104-80(128)106-69)71(121)105-68(49(2)110)77(127)103-55(44-109)73(123)97-39-60(112)89-19-23-130-24-26-131-28-29-132-30-31-134-33-35-136-46-66(118)100-54-36-50(81)43-107(87)20-6-5-10-51(70(82)120)101-76(126)57-13-9-21-108(57)67(119)42-95-62(114)38-92-61(113)37-93-63(115)40-96-72(54)122/h43,48-49,51-58,68-69,109-110H,3-42,44-47,81,87H2,1-2H3,(H2,82,120)(H,88,111)(H,89,112)(H,92,113)(H,93,115)(H,94,117)(H,95,114)(H,96,122)(H,97,123)(H,98,124)(H,99,116)(H,100,118)(H,101,126)(H,102,125)(H,103,127)(H,105,121)(H4,83,84,90)(H4,85,86,91)(H2,104,106,128)/b50-43-/t48-,49?,51-,52-,53-,54-,55-,56+,57-,58+,68?,69+/m0/s1. The molecule has 4 rings (SSSR count). The summed E-state index contributed by atoms with van der Waals surface area (Å²) < 4.78 is 43.7. The number of nitrogens with zero attached hydrogens (tertiary/aromatic N) is 2. The van der Waals surface area contributed by atoms with Crippen molar-refractivity contribution in [2.24, 2.45) is 28.8 Å². The van der Waals surface area contributed by atoms with Gasteiger partial charge < -0.3 is 182 Å². The van der Waals surface area contributed by atoms with E-state index in [1.165, 1.54) is 23.0 Å². The first kappa shape index (κ1) is 117. The molecule has 137 heavy (non-hydrogen) atoms. The minimum absolute atomic E-state index is 0.00503. The van der Waals surface area contributed by atoms with Crippen LogP contribution in [0, 0.1) is 10.8 Å². The molecule has 3 saturated heterocycles. The van der Waals surface area contributed by atoms with E-state index in [9.17, 15) is 96.5 Å². The Bertz CT molecular complexity index is 3940. The SMILES string of the molecule is CC(O)C(NC(=O)[C@H](C)NC(=O)[C@H](CCCNC(=N)N)NC(=O)[C@H](CCCNC(=N)N)NC(=O)CNC(=O)COCCOCCOCCNC(=O)CCCC[C@H]1SC[C@H]2NC(=O)N[C@H]21)C(=O)N[C@@H](CO)C(=O)NCC(=O)NCCOCCOCCOCCOCCOCC(=O)N[C@H]1C/C(N)=C/N(N)CCCC[C@@H](C(N)=O)NC(=O)[C@@H]2CCCN2C(=O)CNC(=O)CNC(=O)CNC(=O)CNC1=O. The van der Waals surface area contributed by atoms with Crippen molar-refractivity contribution in [3.05, 3.63) is 11.9 Å². The maximum Gasteiger partial charge on any atom is 0.315 e. The lowest BCUT2D eigenvalue weighted by molar-refractivity contribution is -0.139. The van der Waals surface area contributed by atoms with Gasteiger partial charge in [-0.15, -0.1) is 0 Å². The van der Waals surface area contributed by atoms with Crippen molar-refractivity contribution in [3.63, 3.8) is 0 Å². The van der Waals surface area contributed by atoms with E-state index < -0.39 is 214 Å². The number of carbonyl (C=O) groups is 18. The third kappa shape index (κ3) is 51.7. The van der Waals surface area contributed by atoms with Crippen molar-refractivity contribution < 1.29 is 134 Å². The number of urea groups is 1. The molecule has 0 aromatic heterocycles. The fraction of sp³-hybridized carbons (Fsp3) is 0.725. The highest BCUT2D eigenvalue weighted by molar-refractivity contribution is 8.00. The fourth-order valence-corrected chi connectivity index (χ4v) is 15.0. The summed E-state index contributed by atoms with van der Waals surface area (Å²) in [6.45, 7) is -0.627. The monoisotopic (exact) mass is 1970 g/mol. The summed E-state index contributed by atoms with van der Waals surface area (Å²) >= 11 is 1.83. The molecule has 0 spiro atoms. The number of hydrazine groups is 1. The van der Waals surface area contributed by atoms with Gasteiger partial charge in [0.2, 0.25) is 100 Å². The van der Waals surface area contributed by atoms with Gasteiger partial charge in [0.15, 0.2) is 11.9 Å². The summed E-state index contributed by atoms with van der Waals surface area (Å²) in [4.78, 5) is 234. The van der Waals surface area contributed by atoms with Crippen LogP contribution in [0.5, 0.6) is 0 Å². The zero-order valence-corrected chi connectivity index (χ0v) is 78.1. The van der Waals surface area contributed by atoms with E-state index in [-0.39, 0.29) is 199 Å². The number of fused-ring (bicyclic) bond motifs is 2. The third-order valence-corrected chi connectivity index (χ3v) is 22.0. The molecule has 0 aromatic carbocycles. The van der Waals surface area contributed by atoms with Crippen LogP contribution < -0.4 is 130 Å². The van der Waals surface area contributed by atoms with Crippen LogP contribution in [-0.2, 0) is 119 Å². The number of carbonyl (C=O) groups excluding carboxylic acids is 18. The van der Waals surface area contributed by atoms with Crippen LogP contribution in [0.25, 0.3) is 0 Å². The number of hydrogen-bond donors (Lipinski definition) is 28. The Morgan fingerprint density at radius 2 is 1.04 bits per heavy atom. The van der Waals surface area contributed by atoms with Crippen molar-refractivity contribution in [2.75, 3.05) is 197 Å². The van der Waals surface area contributed by atoms with E-state index in [2.05, 4.69) is 101 Å². The molecule has 57 heteroatoms. The Morgan fingerprint density at radius 1 is 0.511 bits per heavy atom. The van der Waals surface area contributed by atoms with E-state index in [1.54, 1.807) is 0 Å². The number of amides is 19. The molecule has 3 fully saturated rings. The quantitative estimate of drug-likeness (QED) is 0.00884. The van der Waals surface area contributed by atoms with E-state index in [1.807, 2.05) is 11.8 Å². The van der Waals surface area contributed by atoms with Crippen LogP contribution in [0.2, 0.25) is 0 Å². The van der Waals surface area contributed by atoms with Crippen LogP contribution in [0.3, 0.4) is 0 Å². The molecular weight excluding hydrogens is 1830 g/mol. The molecule has 12 atom stereocenters. The highest BCUT2D eigenvalue weighted by atomic mass is 32.2. The lowest BCUT2D eigenvalue weighted by Gasteiger charge is -2.27. The number of aliphatic hydroxyl groups is 2. The molecule has 33 N–H and O–H groups in total.